The highest BCUT2D eigenvalue weighted by molar-refractivity contribution is 9.10. The van der Waals surface area contributed by atoms with Gasteiger partial charge in [0.05, 0.1) is 11.9 Å². The average molecular weight is 374 g/mol. The summed E-state index contributed by atoms with van der Waals surface area (Å²) in [5.41, 5.74) is 2.98. The van der Waals surface area contributed by atoms with Gasteiger partial charge in [-0.3, -0.25) is 9.59 Å². The molecule has 2 amide bonds. The van der Waals surface area contributed by atoms with Gasteiger partial charge in [0.2, 0.25) is 5.91 Å². The molecule has 5 nitrogen and oxygen atoms in total. The zero-order chi connectivity index (χ0) is 16.8. The lowest BCUT2D eigenvalue weighted by molar-refractivity contribution is -0.111. The van der Waals surface area contributed by atoms with Crippen molar-refractivity contribution >= 4 is 39.5 Å². The molecule has 0 bridgehead atoms. The van der Waals surface area contributed by atoms with Crippen LogP contribution >= 0.6 is 15.9 Å². The lowest BCUT2D eigenvalue weighted by atomic mass is 10.1. The number of carbonyl (C=O) groups is 2. The third-order valence-electron chi connectivity index (χ3n) is 3.11. The van der Waals surface area contributed by atoms with E-state index >= 15 is 0 Å². The van der Waals surface area contributed by atoms with Gasteiger partial charge in [-0.1, -0.05) is 12.1 Å². The molecule has 0 saturated carbocycles. The Balaban J connectivity index is 2.00. The number of benzene rings is 1. The van der Waals surface area contributed by atoms with E-state index in [9.17, 15) is 9.59 Å². The molecule has 118 valence electrons. The van der Waals surface area contributed by atoms with Crippen LogP contribution in [0.3, 0.4) is 0 Å². The molecule has 0 fully saturated rings. The molecule has 0 saturated heterocycles. The number of halogens is 1. The second kappa shape index (κ2) is 7.69. The minimum absolute atomic E-state index is 0.142. The minimum atomic E-state index is -0.246. The van der Waals surface area contributed by atoms with E-state index in [4.69, 9.17) is 0 Å². The molecule has 0 radical (unpaired) electrons. The van der Waals surface area contributed by atoms with Crippen LogP contribution in [0.25, 0.3) is 6.08 Å². The van der Waals surface area contributed by atoms with Gasteiger partial charge in [0.15, 0.2) is 0 Å². The van der Waals surface area contributed by atoms with Gasteiger partial charge in [0.25, 0.3) is 5.91 Å². The molecule has 1 aromatic carbocycles. The molecule has 0 unspecified atom stereocenters. The van der Waals surface area contributed by atoms with Crippen molar-refractivity contribution in [2.24, 2.45) is 0 Å². The third kappa shape index (κ3) is 4.75. The largest absolute Gasteiger partial charge is 0.355 e. The molecule has 6 heteroatoms. The van der Waals surface area contributed by atoms with Crippen LogP contribution in [0.2, 0.25) is 0 Å². The zero-order valence-corrected chi connectivity index (χ0v) is 14.3. The molecular weight excluding hydrogens is 358 g/mol. The van der Waals surface area contributed by atoms with E-state index < -0.39 is 0 Å². The summed E-state index contributed by atoms with van der Waals surface area (Å²) in [5.74, 6) is -0.389. The number of rotatable bonds is 4. The molecule has 1 aromatic heterocycles. The molecule has 0 aliphatic carbocycles. The lowest BCUT2D eigenvalue weighted by Crippen LogP contribution is -2.17. The molecule has 2 aromatic rings. The summed E-state index contributed by atoms with van der Waals surface area (Å²) < 4.78 is 0.752. The maximum absolute atomic E-state index is 11.9. The molecule has 1 heterocycles. The summed E-state index contributed by atoms with van der Waals surface area (Å²) in [5, 5.41) is 5.30. The number of aryl methyl sites for hydroxylation is 1. The summed E-state index contributed by atoms with van der Waals surface area (Å²) in [7, 11) is 1.58. The smallest absolute Gasteiger partial charge is 0.251 e. The summed E-state index contributed by atoms with van der Waals surface area (Å²) >= 11 is 3.31. The first-order chi connectivity index (χ1) is 11.0. The van der Waals surface area contributed by atoms with Crippen molar-refractivity contribution in [3.8, 4) is 0 Å². The van der Waals surface area contributed by atoms with Crippen LogP contribution in [0.4, 0.5) is 5.69 Å². The topological polar surface area (TPSA) is 71.1 Å². The summed E-state index contributed by atoms with van der Waals surface area (Å²) in [6.45, 7) is 1.90. The second-order valence-corrected chi connectivity index (χ2v) is 5.61. The lowest BCUT2D eigenvalue weighted by Gasteiger charge is -2.04. The van der Waals surface area contributed by atoms with Crippen molar-refractivity contribution in [2.75, 3.05) is 12.4 Å². The highest BCUT2D eigenvalue weighted by Gasteiger charge is 2.03. The summed E-state index contributed by atoms with van der Waals surface area (Å²) in [6.07, 6.45) is 4.70. The van der Waals surface area contributed by atoms with Gasteiger partial charge >= 0.3 is 0 Å². The van der Waals surface area contributed by atoms with E-state index in [2.05, 4.69) is 31.5 Å². The van der Waals surface area contributed by atoms with Crippen molar-refractivity contribution < 1.29 is 9.59 Å². The van der Waals surface area contributed by atoms with Gasteiger partial charge < -0.3 is 10.6 Å². The molecule has 0 atom stereocenters. The summed E-state index contributed by atoms with van der Waals surface area (Å²) in [4.78, 5) is 27.5. The van der Waals surface area contributed by atoms with E-state index in [0.29, 0.717) is 11.3 Å². The fourth-order valence-corrected chi connectivity index (χ4v) is 2.09. The number of nitrogens with zero attached hydrogens (tertiary/aromatic N) is 1. The monoisotopic (exact) mass is 373 g/mol. The predicted octanol–water partition coefficient (Wildman–Crippen LogP) is 3.16. The molecule has 2 rings (SSSR count). The molecule has 0 aliphatic heterocycles. The first-order valence-electron chi connectivity index (χ1n) is 6.93. The number of carbonyl (C=O) groups excluding carboxylic acids is 2. The van der Waals surface area contributed by atoms with Crippen LogP contribution < -0.4 is 10.6 Å². The van der Waals surface area contributed by atoms with Crippen molar-refractivity contribution in [2.45, 2.75) is 6.92 Å². The Labute approximate surface area is 142 Å². The molecule has 2 N–H and O–H groups in total. The van der Waals surface area contributed by atoms with Crippen LogP contribution in [0.15, 0.2) is 47.2 Å². The predicted molar refractivity (Wildman–Crippen MR) is 94.2 cm³/mol. The number of hydrogen-bond donors (Lipinski definition) is 2. The van der Waals surface area contributed by atoms with Crippen LogP contribution in [0.1, 0.15) is 21.5 Å². The normalized spacial score (nSPS) is 10.6. The Kier molecular flexibility index (Phi) is 5.65. The fraction of sp³-hybridized carbons (Fsp3) is 0.118. The Morgan fingerprint density at radius 1 is 1.22 bits per heavy atom. The number of hydrogen-bond acceptors (Lipinski definition) is 3. The molecule has 0 spiro atoms. The highest BCUT2D eigenvalue weighted by Crippen LogP contribution is 2.16. The van der Waals surface area contributed by atoms with Crippen LogP contribution in [0, 0.1) is 6.92 Å². The quantitative estimate of drug-likeness (QED) is 0.638. The Morgan fingerprint density at radius 3 is 2.52 bits per heavy atom. The zero-order valence-electron chi connectivity index (χ0n) is 12.8. The standard InChI is InChI=1S/C17H16BrN3O2/c1-11-9-14(10-20-16(11)18)21-15(22)8-5-12-3-6-13(7-4-12)17(23)19-2/h3-10H,1-2H3,(H,19,23)(H,21,22)/b8-5+. The van der Waals surface area contributed by atoms with E-state index in [-0.39, 0.29) is 11.8 Å². The SMILES string of the molecule is CNC(=O)c1ccc(/C=C/C(=O)Nc2cnc(Br)c(C)c2)cc1. The van der Waals surface area contributed by atoms with Crippen molar-refractivity contribution in [1.82, 2.24) is 10.3 Å². The van der Waals surface area contributed by atoms with Crippen LogP contribution in [-0.4, -0.2) is 23.8 Å². The maximum atomic E-state index is 11.9. The Bertz CT molecular complexity index is 755. The van der Waals surface area contributed by atoms with E-state index in [1.54, 1.807) is 43.6 Å². The van der Waals surface area contributed by atoms with Crippen molar-refractivity contribution in [3.05, 3.63) is 63.9 Å². The second-order valence-electron chi connectivity index (χ2n) is 4.86. The van der Waals surface area contributed by atoms with Crippen molar-refractivity contribution in [1.29, 1.82) is 0 Å². The number of pyridine rings is 1. The Hall–Kier alpha value is -2.47. The first-order valence-corrected chi connectivity index (χ1v) is 7.72. The van der Waals surface area contributed by atoms with Gasteiger partial charge in [0, 0.05) is 18.7 Å². The van der Waals surface area contributed by atoms with E-state index in [1.165, 1.54) is 6.08 Å². The van der Waals surface area contributed by atoms with Crippen LogP contribution in [-0.2, 0) is 4.79 Å². The van der Waals surface area contributed by atoms with Gasteiger partial charge in [-0.2, -0.15) is 0 Å². The van der Waals surface area contributed by atoms with Gasteiger partial charge in [-0.15, -0.1) is 0 Å². The molecular formula is C17H16BrN3O2. The number of nitrogens with one attached hydrogen (secondary N) is 2. The fourth-order valence-electron chi connectivity index (χ4n) is 1.87. The van der Waals surface area contributed by atoms with Crippen LogP contribution in [0.5, 0.6) is 0 Å². The molecule has 23 heavy (non-hydrogen) atoms. The highest BCUT2D eigenvalue weighted by atomic mass is 79.9. The Morgan fingerprint density at radius 2 is 1.91 bits per heavy atom. The van der Waals surface area contributed by atoms with E-state index in [1.807, 2.05) is 13.0 Å². The minimum Gasteiger partial charge on any atom is -0.355 e. The average Bonchev–Trinajstić information content (AvgIpc) is 2.56. The third-order valence-corrected chi connectivity index (χ3v) is 3.94. The van der Waals surface area contributed by atoms with Gasteiger partial charge in [-0.25, -0.2) is 4.98 Å². The molecule has 0 aliphatic rings. The number of anilines is 1. The summed E-state index contributed by atoms with van der Waals surface area (Å²) in [6, 6.07) is 8.80. The van der Waals surface area contributed by atoms with Crippen molar-refractivity contribution in [3.63, 3.8) is 0 Å². The van der Waals surface area contributed by atoms with Gasteiger partial charge in [-0.05, 0) is 58.3 Å². The maximum Gasteiger partial charge on any atom is 0.251 e. The number of amides is 2. The number of aromatic nitrogens is 1. The first kappa shape index (κ1) is 16.9. The van der Waals surface area contributed by atoms with Gasteiger partial charge in [0.1, 0.15) is 4.60 Å². The van der Waals surface area contributed by atoms with E-state index in [0.717, 1.165) is 15.7 Å².